The van der Waals surface area contributed by atoms with Crippen LogP contribution < -0.4 is 0 Å². The molecular weight excluding hydrogens is 228 g/mol. The van der Waals surface area contributed by atoms with Crippen molar-refractivity contribution in [3.05, 3.63) is 17.5 Å². The van der Waals surface area contributed by atoms with Gasteiger partial charge in [-0.05, 0) is 19.3 Å². The minimum Gasteiger partial charge on any atom is -0.361 e. The van der Waals surface area contributed by atoms with Gasteiger partial charge in [0.15, 0.2) is 5.69 Å². The zero-order valence-corrected chi connectivity index (χ0v) is 10.2. The van der Waals surface area contributed by atoms with E-state index in [9.17, 15) is 4.79 Å². The molecule has 0 N–H and O–H groups in total. The Bertz CT molecular complexity index is 391. The van der Waals surface area contributed by atoms with Gasteiger partial charge in [0.2, 0.25) is 0 Å². The van der Waals surface area contributed by atoms with Gasteiger partial charge in [0.1, 0.15) is 5.76 Å². The van der Waals surface area contributed by atoms with Crippen molar-refractivity contribution in [2.24, 2.45) is 5.92 Å². The van der Waals surface area contributed by atoms with Crippen LogP contribution in [0.2, 0.25) is 0 Å². The van der Waals surface area contributed by atoms with Crippen LogP contribution in [-0.4, -0.2) is 34.4 Å². The number of halogens is 1. The van der Waals surface area contributed by atoms with Crippen LogP contribution in [0.1, 0.15) is 29.6 Å². The van der Waals surface area contributed by atoms with E-state index in [2.05, 4.69) is 12.1 Å². The number of carbonyl (C=O) groups excluding carboxylic acids is 1. The molecule has 1 aromatic rings. The van der Waals surface area contributed by atoms with Gasteiger partial charge in [-0.1, -0.05) is 12.1 Å². The van der Waals surface area contributed by atoms with Gasteiger partial charge < -0.3 is 9.42 Å². The quantitative estimate of drug-likeness (QED) is 0.709. The number of aryl methyl sites for hydroxylation is 1. The first-order valence-corrected chi connectivity index (χ1v) is 5.88. The molecule has 0 aromatic carbocycles. The van der Waals surface area contributed by atoms with Gasteiger partial charge in [0.05, 0.1) is 0 Å². The lowest BCUT2D eigenvalue weighted by Gasteiger charge is -2.33. The summed E-state index contributed by atoms with van der Waals surface area (Å²) in [5.74, 6) is 0.920. The largest absolute Gasteiger partial charge is 0.361 e. The van der Waals surface area contributed by atoms with Crippen molar-refractivity contribution in [1.82, 2.24) is 10.1 Å². The summed E-state index contributed by atoms with van der Waals surface area (Å²) in [7, 11) is 0. The Morgan fingerprint density at radius 1 is 1.69 bits per heavy atom. The van der Waals surface area contributed by atoms with E-state index in [1.54, 1.807) is 17.9 Å². The van der Waals surface area contributed by atoms with Crippen LogP contribution in [0.15, 0.2) is 10.6 Å². The highest BCUT2D eigenvalue weighted by molar-refractivity contribution is 6.20. The van der Waals surface area contributed by atoms with Gasteiger partial charge in [-0.25, -0.2) is 0 Å². The normalized spacial score (nSPS) is 25.8. The number of nitrogens with zero attached hydrogens (tertiary/aromatic N) is 2. The topological polar surface area (TPSA) is 46.3 Å². The van der Waals surface area contributed by atoms with Crippen LogP contribution in [0, 0.1) is 12.8 Å². The molecule has 0 radical (unpaired) electrons. The summed E-state index contributed by atoms with van der Waals surface area (Å²) < 4.78 is 4.90. The summed E-state index contributed by atoms with van der Waals surface area (Å²) in [6, 6.07) is 1.67. The molecule has 1 aliphatic heterocycles. The number of piperidine rings is 1. The molecule has 1 fully saturated rings. The van der Waals surface area contributed by atoms with Crippen molar-refractivity contribution in [1.29, 1.82) is 0 Å². The zero-order valence-electron chi connectivity index (χ0n) is 9.44. The lowest BCUT2D eigenvalue weighted by molar-refractivity contribution is 0.0676. The highest BCUT2D eigenvalue weighted by Crippen LogP contribution is 2.22. The van der Waals surface area contributed by atoms with Gasteiger partial charge in [0.25, 0.3) is 5.91 Å². The van der Waals surface area contributed by atoms with Gasteiger partial charge in [-0.3, -0.25) is 4.79 Å². The summed E-state index contributed by atoms with van der Waals surface area (Å²) >= 11 is 6.12. The molecule has 1 aliphatic rings. The van der Waals surface area contributed by atoms with Crippen molar-refractivity contribution >= 4 is 17.5 Å². The Morgan fingerprint density at radius 2 is 2.44 bits per heavy atom. The summed E-state index contributed by atoms with van der Waals surface area (Å²) in [5.41, 5.74) is 0.387. The summed E-state index contributed by atoms with van der Waals surface area (Å²) in [5, 5.41) is 3.91. The van der Waals surface area contributed by atoms with Crippen LogP contribution in [-0.2, 0) is 0 Å². The average molecular weight is 243 g/mol. The van der Waals surface area contributed by atoms with Gasteiger partial charge in [-0.2, -0.15) is 0 Å². The van der Waals surface area contributed by atoms with E-state index in [4.69, 9.17) is 16.1 Å². The Morgan fingerprint density at radius 3 is 3.00 bits per heavy atom. The van der Waals surface area contributed by atoms with Crippen LogP contribution in [0.4, 0.5) is 0 Å². The molecule has 0 spiro atoms. The maximum atomic E-state index is 12.0. The smallest absolute Gasteiger partial charge is 0.276 e. The Kier molecular flexibility index (Phi) is 3.19. The zero-order chi connectivity index (χ0) is 11.7. The molecule has 1 aromatic heterocycles. The second-order valence-electron chi connectivity index (χ2n) is 4.36. The van der Waals surface area contributed by atoms with Crippen molar-refractivity contribution in [2.75, 3.05) is 13.1 Å². The first-order valence-electron chi connectivity index (χ1n) is 5.44. The van der Waals surface area contributed by atoms with Crippen LogP contribution in [0.5, 0.6) is 0 Å². The number of hydrogen-bond donors (Lipinski definition) is 0. The van der Waals surface area contributed by atoms with E-state index in [1.807, 2.05) is 0 Å². The summed E-state index contributed by atoms with van der Waals surface area (Å²) in [6.07, 6.45) is 0.839. The highest BCUT2D eigenvalue weighted by atomic mass is 35.5. The molecule has 16 heavy (non-hydrogen) atoms. The predicted molar refractivity (Wildman–Crippen MR) is 60.6 cm³/mol. The first kappa shape index (κ1) is 11.5. The molecule has 2 heterocycles. The van der Waals surface area contributed by atoms with E-state index in [1.165, 1.54) is 0 Å². The molecule has 5 heteroatoms. The van der Waals surface area contributed by atoms with Crippen molar-refractivity contribution in [3.63, 3.8) is 0 Å². The van der Waals surface area contributed by atoms with E-state index in [0.717, 1.165) is 6.42 Å². The van der Waals surface area contributed by atoms with Crippen molar-refractivity contribution < 1.29 is 9.32 Å². The number of hydrogen-bond acceptors (Lipinski definition) is 3. The lowest BCUT2D eigenvalue weighted by atomic mass is 9.99. The number of alkyl halides is 1. The van der Waals surface area contributed by atoms with Crippen LogP contribution in [0.3, 0.4) is 0 Å². The molecule has 2 atom stereocenters. The van der Waals surface area contributed by atoms with E-state index >= 15 is 0 Å². The summed E-state index contributed by atoms with van der Waals surface area (Å²) in [4.78, 5) is 13.8. The third kappa shape index (κ3) is 2.21. The Labute approximate surface area is 99.5 Å². The minimum absolute atomic E-state index is 0.0627. The monoisotopic (exact) mass is 242 g/mol. The van der Waals surface area contributed by atoms with E-state index < -0.39 is 0 Å². The fourth-order valence-corrected chi connectivity index (χ4v) is 2.11. The fourth-order valence-electron chi connectivity index (χ4n) is 1.93. The SMILES string of the molecule is Cc1cc(C(=O)N2CCC(Cl)C(C)C2)no1. The standard InChI is InChI=1S/C11H15ClN2O2/c1-7-6-14(4-3-9(7)12)11(15)10-5-8(2)16-13-10/h5,7,9H,3-4,6H2,1-2H3. The highest BCUT2D eigenvalue weighted by Gasteiger charge is 2.28. The molecule has 0 bridgehead atoms. The van der Waals surface area contributed by atoms with Gasteiger partial charge in [-0.15, -0.1) is 11.6 Å². The second-order valence-corrected chi connectivity index (χ2v) is 4.92. The number of likely N-dealkylation sites (tertiary alicyclic amines) is 1. The molecule has 1 amide bonds. The first-order chi connectivity index (χ1) is 7.58. The maximum absolute atomic E-state index is 12.0. The molecule has 2 unspecified atom stereocenters. The molecule has 1 saturated heterocycles. The molecule has 0 aliphatic carbocycles. The average Bonchev–Trinajstić information content (AvgIpc) is 2.68. The Balaban J connectivity index is 2.06. The number of rotatable bonds is 1. The molecular formula is C11H15ClN2O2. The third-order valence-corrected chi connectivity index (χ3v) is 3.58. The Hall–Kier alpha value is -1.03. The fraction of sp³-hybridized carbons (Fsp3) is 0.636. The molecule has 4 nitrogen and oxygen atoms in total. The minimum atomic E-state index is -0.0627. The molecule has 88 valence electrons. The van der Waals surface area contributed by atoms with Gasteiger partial charge >= 0.3 is 0 Å². The molecule has 0 saturated carbocycles. The van der Waals surface area contributed by atoms with E-state index in [-0.39, 0.29) is 11.3 Å². The van der Waals surface area contributed by atoms with Crippen LogP contribution in [0.25, 0.3) is 0 Å². The van der Waals surface area contributed by atoms with Crippen molar-refractivity contribution in [2.45, 2.75) is 25.6 Å². The summed E-state index contributed by atoms with van der Waals surface area (Å²) in [6.45, 7) is 5.23. The van der Waals surface area contributed by atoms with Gasteiger partial charge in [0, 0.05) is 24.5 Å². The third-order valence-electron chi connectivity index (χ3n) is 2.93. The number of aromatic nitrogens is 1. The second kappa shape index (κ2) is 4.45. The van der Waals surface area contributed by atoms with Crippen molar-refractivity contribution in [3.8, 4) is 0 Å². The predicted octanol–water partition coefficient (Wildman–Crippen LogP) is 2.07. The number of amides is 1. The number of carbonyl (C=O) groups is 1. The van der Waals surface area contributed by atoms with Crippen LogP contribution >= 0.6 is 11.6 Å². The lowest BCUT2D eigenvalue weighted by Crippen LogP contribution is -2.43. The maximum Gasteiger partial charge on any atom is 0.276 e. The molecule has 2 rings (SSSR count). The van der Waals surface area contributed by atoms with E-state index in [0.29, 0.717) is 30.5 Å².